The maximum absolute atomic E-state index is 15.1. The van der Waals surface area contributed by atoms with Gasteiger partial charge in [0.2, 0.25) is 0 Å². The minimum Gasteiger partial charge on any atom is -0.491 e. The highest BCUT2D eigenvalue weighted by Gasteiger charge is 2.34. The standard InChI is InChI=1S/C24H26FN5O2S/c1-12-2-5-17-21(26)22(33-24(17)27-12)23(31)29-16-6-13-7-18(25)19(8-20(13)32-11-16)30-9-14-3-4-15(10-30)28-14/h2,5,7-8,14-16,28H,3-4,6,9-11,26H2,1H3,(H,29,31)/t14?,15?,16-/m1/s1. The number of nitrogens with two attached hydrogens (primary N) is 1. The summed E-state index contributed by atoms with van der Waals surface area (Å²) in [4.78, 5) is 20.7. The number of halogens is 1. The molecule has 0 aliphatic carbocycles. The van der Waals surface area contributed by atoms with E-state index in [1.807, 2.05) is 25.1 Å². The van der Waals surface area contributed by atoms with Gasteiger partial charge in [0.25, 0.3) is 5.91 Å². The van der Waals surface area contributed by atoms with Crippen LogP contribution in [0.5, 0.6) is 5.75 Å². The number of ether oxygens (including phenoxy) is 1. The molecule has 3 aliphatic heterocycles. The number of hydrogen-bond donors (Lipinski definition) is 3. The fourth-order valence-corrected chi connectivity index (χ4v) is 6.27. The lowest BCUT2D eigenvalue weighted by Crippen LogP contribution is -2.51. The summed E-state index contributed by atoms with van der Waals surface area (Å²) in [7, 11) is 0. The number of thiophene rings is 1. The third-order valence-electron chi connectivity index (χ3n) is 6.87. The molecule has 0 spiro atoms. The quantitative estimate of drug-likeness (QED) is 0.549. The molecule has 172 valence electrons. The minimum atomic E-state index is -0.260. The molecule has 3 aliphatic rings. The van der Waals surface area contributed by atoms with Crippen LogP contribution in [-0.4, -0.2) is 48.7 Å². The van der Waals surface area contributed by atoms with Gasteiger partial charge in [-0.1, -0.05) is 0 Å². The predicted octanol–water partition coefficient (Wildman–Crippen LogP) is 3.00. The maximum atomic E-state index is 15.1. The van der Waals surface area contributed by atoms with E-state index in [0.29, 0.717) is 47.1 Å². The first-order chi connectivity index (χ1) is 15.9. The van der Waals surface area contributed by atoms with Crippen LogP contribution in [-0.2, 0) is 6.42 Å². The normalized spacial score (nSPS) is 23.9. The SMILES string of the molecule is Cc1ccc2c(N)c(C(=O)N[C@H]3COc4cc(N5CC6CCC(C5)N6)c(F)cc4C3)sc2n1. The highest BCUT2D eigenvalue weighted by Crippen LogP contribution is 2.36. The maximum Gasteiger partial charge on any atom is 0.263 e. The molecule has 1 amide bonds. The molecule has 2 aromatic heterocycles. The Kier molecular flexibility index (Phi) is 4.92. The predicted molar refractivity (Wildman–Crippen MR) is 128 cm³/mol. The molecule has 4 N–H and O–H groups in total. The number of nitrogen functional groups attached to an aromatic ring is 1. The van der Waals surface area contributed by atoms with E-state index < -0.39 is 0 Å². The molecule has 2 bridgehead atoms. The highest BCUT2D eigenvalue weighted by molar-refractivity contribution is 7.21. The topological polar surface area (TPSA) is 92.5 Å². The summed E-state index contributed by atoms with van der Waals surface area (Å²) in [5, 5.41) is 7.37. The number of hydrogen-bond acceptors (Lipinski definition) is 7. The Morgan fingerprint density at radius 1 is 1.30 bits per heavy atom. The number of pyridine rings is 1. The molecular formula is C24H26FN5O2S. The summed E-state index contributed by atoms with van der Waals surface area (Å²) in [5.41, 5.74) is 8.92. The number of piperazine rings is 1. The molecule has 7 nitrogen and oxygen atoms in total. The number of aromatic nitrogens is 1. The van der Waals surface area contributed by atoms with Gasteiger partial charge in [0.15, 0.2) is 0 Å². The van der Waals surface area contributed by atoms with Crippen LogP contribution in [0.2, 0.25) is 0 Å². The van der Waals surface area contributed by atoms with E-state index in [1.165, 1.54) is 11.3 Å². The summed E-state index contributed by atoms with van der Waals surface area (Å²) in [5.74, 6) is 0.211. The summed E-state index contributed by atoms with van der Waals surface area (Å²) in [6.45, 7) is 3.87. The third kappa shape index (κ3) is 3.69. The molecule has 33 heavy (non-hydrogen) atoms. The van der Waals surface area contributed by atoms with Crippen LogP contribution in [0.3, 0.4) is 0 Å². The Morgan fingerprint density at radius 2 is 2.09 bits per heavy atom. The zero-order valence-corrected chi connectivity index (χ0v) is 19.2. The zero-order valence-electron chi connectivity index (χ0n) is 18.4. The number of nitrogens with zero attached hydrogens (tertiary/aromatic N) is 2. The fourth-order valence-electron chi connectivity index (χ4n) is 5.23. The van der Waals surface area contributed by atoms with Crippen LogP contribution in [0.4, 0.5) is 15.8 Å². The van der Waals surface area contributed by atoms with Crippen molar-refractivity contribution in [2.24, 2.45) is 0 Å². The van der Waals surface area contributed by atoms with Crippen molar-refractivity contribution in [1.29, 1.82) is 0 Å². The van der Waals surface area contributed by atoms with Gasteiger partial charge >= 0.3 is 0 Å². The molecule has 1 aromatic carbocycles. The van der Waals surface area contributed by atoms with Gasteiger partial charge in [-0.05, 0) is 49.9 Å². The molecule has 0 radical (unpaired) electrons. The summed E-state index contributed by atoms with van der Waals surface area (Å²) in [6, 6.07) is 7.76. The lowest BCUT2D eigenvalue weighted by Gasteiger charge is -2.35. The van der Waals surface area contributed by atoms with Crippen LogP contribution in [0.15, 0.2) is 24.3 Å². The lowest BCUT2D eigenvalue weighted by atomic mass is 10.0. The van der Waals surface area contributed by atoms with E-state index in [2.05, 4.69) is 20.5 Å². The number of carbonyl (C=O) groups is 1. The van der Waals surface area contributed by atoms with Crippen molar-refractivity contribution >= 4 is 38.8 Å². The molecule has 2 saturated heterocycles. The second-order valence-corrected chi connectivity index (χ2v) is 10.3. The van der Waals surface area contributed by atoms with Crippen LogP contribution in [0, 0.1) is 12.7 Å². The van der Waals surface area contributed by atoms with E-state index in [-0.39, 0.29) is 17.8 Å². The van der Waals surface area contributed by atoms with Gasteiger partial charge in [-0.25, -0.2) is 9.37 Å². The smallest absolute Gasteiger partial charge is 0.263 e. The summed E-state index contributed by atoms with van der Waals surface area (Å²) >= 11 is 1.29. The van der Waals surface area contributed by atoms with Gasteiger partial charge in [0, 0.05) is 42.3 Å². The minimum absolute atomic E-state index is 0.235. The highest BCUT2D eigenvalue weighted by atomic mass is 32.1. The Balaban J connectivity index is 1.18. The van der Waals surface area contributed by atoms with Crippen molar-refractivity contribution < 1.29 is 13.9 Å². The second-order valence-electron chi connectivity index (χ2n) is 9.29. The number of nitrogens with one attached hydrogen (secondary N) is 2. The number of carbonyl (C=O) groups excluding carboxylic acids is 1. The van der Waals surface area contributed by atoms with Crippen LogP contribution < -0.4 is 26.0 Å². The number of rotatable bonds is 3. The third-order valence-corrected chi connectivity index (χ3v) is 7.98. The number of amides is 1. The number of fused-ring (bicyclic) bond motifs is 4. The molecule has 6 rings (SSSR count). The van der Waals surface area contributed by atoms with Crippen molar-refractivity contribution in [1.82, 2.24) is 15.6 Å². The van der Waals surface area contributed by atoms with Crippen LogP contribution in [0.1, 0.15) is 33.8 Å². The first kappa shape index (κ1) is 20.7. The Hall–Kier alpha value is -2.91. The fraction of sp³-hybridized carbons (Fsp3) is 0.417. The molecule has 2 unspecified atom stereocenters. The largest absolute Gasteiger partial charge is 0.491 e. The van der Waals surface area contributed by atoms with Gasteiger partial charge < -0.3 is 26.0 Å². The van der Waals surface area contributed by atoms with E-state index >= 15 is 4.39 Å². The average Bonchev–Trinajstić information content (AvgIpc) is 3.30. The van der Waals surface area contributed by atoms with Gasteiger partial charge in [-0.3, -0.25) is 4.79 Å². The Bertz CT molecular complexity index is 1250. The number of benzene rings is 1. The first-order valence-corrected chi connectivity index (χ1v) is 12.2. The van der Waals surface area contributed by atoms with Gasteiger partial charge in [0.05, 0.1) is 17.4 Å². The van der Waals surface area contributed by atoms with Crippen molar-refractivity contribution in [3.63, 3.8) is 0 Å². The van der Waals surface area contributed by atoms with Crippen molar-refractivity contribution in [3.8, 4) is 5.75 Å². The number of aryl methyl sites for hydroxylation is 1. The van der Waals surface area contributed by atoms with Gasteiger partial charge in [0.1, 0.15) is 27.9 Å². The van der Waals surface area contributed by atoms with Crippen molar-refractivity contribution in [3.05, 3.63) is 46.2 Å². The van der Waals surface area contributed by atoms with Crippen LogP contribution >= 0.6 is 11.3 Å². The van der Waals surface area contributed by atoms with Crippen molar-refractivity contribution in [2.45, 2.75) is 44.3 Å². The van der Waals surface area contributed by atoms with Crippen molar-refractivity contribution in [2.75, 3.05) is 30.3 Å². The molecule has 5 heterocycles. The first-order valence-electron chi connectivity index (χ1n) is 11.4. The molecule has 3 aromatic rings. The summed E-state index contributed by atoms with van der Waals surface area (Å²) < 4.78 is 21.0. The monoisotopic (exact) mass is 467 g/mol. The van der Waals surface area contributed by atoms with E-state index in [9.17, 15) is 4.79 Å². The average molecular weight is 468 g/mol. The van der Waals surface area contributed by atoms with Crippen LogP contribution in [0.25, 0.3) is 10.2 Å². The second kappa shape index (κ2) is 7.85. The molecule has 9 heteroatoms. The van der Waals surface area contributed by atoms with Gasteiger partial charge in [-0.15, -0.1) is 11.3 Å². The van der Waals surface area contributed by atoms with Gasteiger partial charge in [-0.2, -0.15) is 0 Å². The Labute approximate surface area is 195 Å². The molecule has 3 atom stereocenters. The molecular weight excluding hydrogens is 441 g/mol. The lowest BCUT2D eigenvalue weighted by molar-refractivity contribution is 0.0920. The molecule has 2 fully saturated rings. The molecule has 0 saturated carbocycles. The Morgan fingerprint density at radius 3 is 2.88 bits per heavy atom. The zero-order chi connectivity index (χ0) is 22.7. The summed E-state index contributed by atoms with van der Waals surface area (Å²) in [6.07, 6.45) is 2.80. The van der Waals surface area contributed by atoms with E-state index in [1.54, 1.807) is 6.07 Å². The van der Waals surface area contributed by atoms with E-state index in [4.69, 9.17) is 10.5 Å². The van der Waals surface area contributed by atoms with E-state index in [0.717, 1.165) is 47.4 Å². The number of anilines is 2.